The van der Waals surface area contributed by atoms with Gasteiger partial charge in [-0.05, 0) is 25.2 Å². The van der Waals surface area contributed by atoms with E-state index in [2.05, 4.69) is 27.7 Å². The van der Waals surface area contributed by atoms with Gasteiger partial charge in [0.1, 0.15) is 13.2 Å². The third kappa shape index (κ3) is 33.6. The van der Waals surface area contributed by atoms with Crippen molar-refractivity contribution in [1.29, 1.82) is 0 Å². The lowest BCUT2D eigenvalue weighted by Crippen LogP contribution is -2.30. The molecule has 0 aliphatic carbocycles. The fourth-order valence-corrected chi connectivity index (χ4v) is 5.57. The molecule has 0 aromatic rings. The van der Waals surface area contributed by atoms with Crippen LogP contribution in [-0.4, -0.2) is 37.2 Å². The molecular weight excluding hydrogens is 564 g/mol. The maximum atomic E-state index is 12.6. The number of rotatable bonds is 34. The van der Waals surface area contributed by atoms with Gasteiger partial charge in [0.25, 0.3) is 0 Å². The number of ether oxygens (including phenoxy) is 3. The SMILES string of the molecule is CCCCCCCCCCCCC(=O)OC[C@H](COC(=O)CCCCCCCCC)OC(=O)CCCCCCCCCC(C)C. The van der Waals surface area contributed by atoms with Crippen LogP contribution in [0.15, 0.2) is 0 Å². The lowest BCUT2D eigenvalue weighted by Gasteiger charge is -2.18. The zero-order chi connectivity index (χ0) is 33.2. The van der Waals surface area contributed by atoms with E-state index in [9.17, 15) is 14.4 Å². The Kier molecular flexibility index (Phi) is 32.6. The van der Waals surface area contributed by atoms with Gasteiger partial charge in [0, 0.05) is 19.3 Å². The van der Waals surface area contributed by atoms with Crippen LogP contribution in [0, 0.1) is 5.92 Å². The highest BCUT2D eigenvalue weighted by Gasteiger charge is 2.19. The van der Waals surface area contributed by atoms with Gasteiger partial charge in [-0.3, -0.25) is 14.4 Å². The summed E-state index contributed by atoms with van der Waals surface area (Å²) in [5.74, 6) is -0.0968. The molecule has 1 atom stereocenters. The predicted octanol–water partition coefficient (Wildman–Crippen LogP) is 11.6. The molecule has 0 aliphatic heterocycles. The summed E-state index contributed by atoms with van der Waals surface area (Å²) < 4.78 is 16.5. The Morgan fingerprint density at radius 1 is 0.422 bits per heavy atom. The molecule has 0 saturated carbocycles. The van der Waals surface area contributed by atoms with E-state index in [1.54, 1.807) is 0 Å². The summed E-state index contributed by atoms with van der Waals surface area (Å²) in [4.78, 5) is 37.3. The summed E-state index contributed by atoms with van der Waals surface area (Å²) in [5.41, 5.74) is 0. The van der Waals surface area contributed by atoms with Crippen molar-refractivity contribution in [2.45, 2.75) is 214 Å². The first-order valence-electron chi connectivity index (χ1n) is 19.4. The molecular formula is C39H74O6. The average molecular weight is 639 g/mol. The van der Waals surface area contributed by atoms with Gasteiger partial charge >= 0.3 is 17.9 Å². The van der Waals surface area contributed by atoms with E-state index in [0.717, 1.165) is 63.7 Å². The van der Waals surface area contributed by atoms with Crippen molar-refractivity contribution in [3.8, 4) is 0 Å². The van der Waals surface area contributed by atoms with Crippen molar-refractivity contribution in [3.05, 3.63) is 0 Å². The van der Waals surface area contributed by atoms with Crippen LogP contribution >= 0.6 is 0 Å². The Bertz CT molecular complexity index is 676. The van der Waals surface area contributed by atoms with Crippen LogP contribution in [0.25, 0.3) is 0 Å². The molecule has 0 aliphatic rings. The molecule has 0 saturated heterocycles. The third-order valence-corrected chi connectivity index (χ3v) is 8.54. The highest BCUT2D eigenvalue weighted by Crippen LogP contribution is 2.15. The Labute approximate surface area is 278 Å². The van der Waals surface area contributed by atoms with Crippen molar-refractivity contribution >= 4 is 17.9 Å². The molecule has 0 fully saturated rings. The number of carbonyl (C=O) groups excluding carboxylic acids is 3. The third-order valence-electron chi connectivity index (χ3n) is 8.54. The van der Waals surface area contributed by atoms with Crippen molar-refractivity contribution in [2.75, 3.05) is 13.2 Å². The Hall–Kier alpha value is -1.59. The number of hydrogen-bond donors (Lipinski definition) is 0. The Balaban J connectivity index is 4.34. The summed E-state index contributed by atoms with van der Waals surface area (Å²) in [7, 11) is 0. The van der Waals surface area contributed by atoms with Gasteiger partial charge < -0.3 is 14.2 Å². The first-order valence-corrected chi connectivity index (χ1v) is 19.4. The highest BCUT2D eigenvalue weighted by molar-refractivity contribution is 5.71. The van der Waals surface area contributed by atoms with Gasteiger partial charge in [-0.15, -0.1) is 0 Å². The topological polar surface area (TPSA) is 78.9 Å². The first kappa shape index (κ1) is 43.4. The number of esters is 3. The summed E-state index contributed by atoms with van der Waals surface area (Å²) in [6.45, 7) is 8.86. The van der Waals surface area contributed by atoms with E-state index in [0.29, 0.717) is 19.3 Å². The fraction of sp³-hybridized carbons (Fsp3) is 0.923. The fourth-order valence-electron chi connectivity index (χ4n) is 5.57. The molecule has 45 heavy (non-hydrogen) atoms. The molecule has 0 N–H and O–H groups in total. The van der Waals surface area contributed by atoms with Crippen LogP contribution < -0.4 is 0 Å². The lowest BCUT2D eigenvalue weighted by molar-refractivity contribution is -0.167. The maximum absolute atomic E-state index is 12.6. The standard InChI is InChI=1S/C39H74O6/c1-5-7-9-11-13-14-15-19-23-27-31-38(41)44-34-36(33-43-37(40)30-26-22-17-12-10-8-6-2)45-39(42)32-28-24-20-16-18-21-25-29-35(3)4/h35-36H,5-34H2,1-4H3/t36-/m0/s1. The minimum atomic E-state index is -0.756. The molecule has 0 radical (unpaired) electrons. The highest BCUT2D eigenvalue weighted by atomic mass is 16.6. The summed E-state index contributed by atoms with van der Waals surface area (Å²) in [6.07, 6.45) is 29.6. The van der Waals surface area contributed by atoms with E-state index in [1.165, 1.54) is 103 Å². The smallest absolute Gasteiger partial charge is 0.306 e. The summed E-state index contributed by atoms with van der Waals surface area (Å²) in [6, 6.07) is 0. The lowest BCUT2D eigenvalue weighted by atomic mass is 10.0. The van der Waals surface area contributed by atoms with E-state index >= 15 is 0 Å². The van der Waals surface area contributed by atoms with Gasteiger partial charge in [-0.2, -0.15) is 0 Å². The molecule has 0 bridgehead atoms. The van der Waals surface area contributed by atoms with Crippen molar-refractivity contribution in [3.63, 3.8) is 0 Å². The van der Waals surface area contributed by atoms with Gasteiger partial charge in [0.2, 0.25) is 0 Å². The number of hydrogen-bond acceptors (Lipinski definition) is 6. The molecule has 0 heterocycles. The number of carbonyl (C=O) groups is 3. The van der Waals surface area contributed by atoms with E-state index in [1.807, 2.05) is 0 Å². The van der Waals surface area contributed by atoms with Crippen molar-refractivity contribution in [2.24, 2.45) is 5.92 Å². The van der Waals surface area contributed by atoms with Crippen LogP contribution in [-0.2, 0) is 28.6 Å². The molecule has 0 spiro atoms. The molecule has 6 heteroatoms. The molecule has 0 rings (SSSR count). The minimum Gasteiger partial charge on any atom is -0.462 e. The minimum absolute atomic E-state index is 0.0661. The second kappa shape index (κ2) is 33.8. The van der Waals surface area contributed by atoms with E-state index in [4.69, 9.17) is 14.2 Å². The first-order chi connectivity index (χ1) is 21.9. The molecule has 0 aromatic carbocycles. The monoisotopic (exact) mass is 639 g/mol. The van der Waals surface area contributed by atoms with Crippen LogP contribution in [0.4, 0.5) is 0 Å². The van der Waals surface area contributed by atoms with Gasteiger partial charge in [0.15, 0.2) is 6.10 Å². The normalized spacial score (nSPS) is 11.9. The second-order valence-corrected chi connectivity index (χ2v) is 13.7. The van der Waals surface area contributed by atoms with Gasteiger partial charge in [0.05, 0.1) is 0 Å². The zero-order valence-electron chi connectivity index (χ0n) is 30.3. The summed E-state index contributed by atoms with van der Waals surface area (Å²) >= 11 is 0. The maximum Gasteiger partial charge on any atom is 0.306 e. The number of unbranched alkanes of at least 4 members (excludes halogenated alkanes) is 21. The average Bonchev–Trinajstić information content (AvgIpc) is 3.01. The quantitative estimate of drug-likeness (QED) is 0.0396. The van der Waals surface area contributed by atoms with Crippen LogP contribution in [0.2, 0.25) is 0 Å². The second-order valence-electron chi connectivity index (χ2n) is 13.7. The van der Waals surface area contributed by atoms with E-state index in [-0.39, 0.29) is 31.1 Å². The predicted molar refractivity (Wildman–Crippen MR) is 187 cm³/mol. The molecule has 0 amide bonds. The molecule has 0 aromatic heterocycles. The molecule has 0 unspecified atom stereocenters. The van der Waals surface area contributed by atoms with Crippen molar-refractivity contribution < 1.29 is 28.6 Å². The van der Waals surface area contributed by atoms with E-state index < -0.39 is 6.10 Å². The zero-order valence-corrected chi connectivity index (χ0v) is 30.3. The Morgan fingerprint density at radius 2 is 0.733 bits per heavy atom. The largest absolute Gasteiger partial charge is 0.462 e. The van der Waals surface area contributed by atoms with Gasteiger partial charge in [-0.25, -0.2) is 0 Å². The molecule has 6 nitrogen and oxygen atoms in total. The van der Waals surface area contributed by atoms with Crippen LogP contribution in [0.5, 0.6) is 0 Å². The van der Waals surface area contributed by atoms with Crippen molar-refractivity contribution in [1.82, 2.24) is 0 Å². The van der Waals surface area contributed by atoms with Crippen LogP contribution in [0.3, 0.4) is 0 Å². The Morgan fingerprint density at radius 3 is 1.09 bits per heavy atom. The van der Waals surface area contributed by atoms with Gasteiger partial charge in [-0.1, -0.05) is 169 Å². The summed E-state index contributed by atoms with van der Waals surface area (Å²) in [5, 5.41) is 0. The molecule has 266 valence electrons. The van der Waals surface area contributed by atoms with Crippen LogP contribution in [0.1, 0.15) is 207 Å².